The van der Waals surface area contributed by atoms with Crippen molar-refractivity contribution in [1.29, 1.82) is 0 Å². The fourth-order valence-corrected chi connectivity index (χ4v) is 3.76. The van der Waals surface area contributed by atoms with Crippen LogP contribution in [0, 0.1) is 0 Å². The SMILES string of the molecule is NC(=O)c1ccc(S(=O)c2ccc(CNCCc3ccccc3)cc2)cc1. The van der Waals surface area contributed by atoms with E-state index in [9.17, 15) is 9.00 Å². The first-order valence-corrected chi connectivity index (χ1v) is 9.94. The van der Waals surface area contributed by atoms with Crippen molar-refractivity contribution in [3.63, 3.8) is 0 Å². The first kappa shape index (κ1) is 19.0. The average molecular weight is 378 g/mol. The highest BCUT2D eigenvalue weighted by molar-refractivity contribution is 7.85. The molecule has 0 aliphatic carbocycles. The van der Waals surface area contributed by atoms with Gasteiger partial charge in [0.05, 0.1) is 10.8 Å². The number of nitrogens with two attached hydrogens (primary N) is 1. The van der Waals surface area contributed by atoms with Gasteiger partial charge in [0.2, 0.25) is 5.91 Å². The van der Waals surface area contributed by atoms with Crippen molar-refractivity contribution in [3.05, 3.63) is 95.6 Å². The van der Waals surface area contributed by atoms with E-state index in [-0.39, 0.29) is 0 Å². The predicted octanol–water partition coefficient (Wildman–Crippen LogP) is 3.28. The van der Waals surface area contributed by atoms with Crippen LogP contribution in [-0.2, 0) is 23.8 Å². The van der Waals surface area contributed by atoms with Crippen LogP contribution < -0.4 is 11.1 Å². The van der Waals surface area contributed by atoms with Gasteiger partial charge < -0.3 is 11.1 Å². The maximum Gasteiger partial charge on any atom is 0.248 e. The summed E-state index contributed by atoms with van der Waals surface area (Å²) in [6.45, 7) is 1.68. The number of carbonyl (C=O) groups is 1. The van der Waals surface area contributed by atoms with E-state index in [0.717, 1.165) is 30.0 Å². The van der Waals surface area contributed by atoms with Crippen LogP contribution in [0.15, 0.2) is 88.7 Å². The molecule has 27 heavy (non-hydrogen) atoms. The summed E-state index contributed by atoms with van der Waals surface area (Å²) in [6.07, 6.45) is 0.990. The van der Waals surface area contributed by atoms with Gasteiger partial charge in [0.25, 0.3) is 0 Å². The van der Waals surface area contributed by atoms with E-state index in [4.69, 9.17) is 5.73 Å². The maximum atomic E-state index is 12.6. The van der Waals surface area contributed by atoms with Gasteiger partial charge in [0.15, 0.2) is 0 Å². The maximum absolute atomic E-state index is 12.6. The molecule has 0 saturated carbocycles. The number of amides is 1. The molecule has 3 aromatic rings. The van der Waals surface area contributed by atoms with Gasteiger partial charge in [-0.05, 0) is 60.5 Å². The topological polar surface area (TPSA) is 72.2 Å². The quantitative estimate of drug-likeness (QED) is 0.591. The minimum atomic E-state index is -1.28. The molecule has 1 atom stereocenters. The zero-order chi connectivity index (χ0) is 19.1. The molecule has 0 bridgehead atoms. The van der Waals surface area contributed by atoms with Gasteiger partial charge in [-0.3, -0.25) is 4.79 Å². The summed E-state index contributed by atoms with van der Waals surface area (Å²) in [5, 5.41) is 3.43. The van der Waals surface area contributed by atoms with E-state index in [1.165, 1.54) is 5.56 Å². The monoisotopic (exact) mass is 378 g/mol. The third kappa shape index (κ3) is 5.36. The number of nitrogens with one attached hydrogen (secondary N) is 1. The van der Waals surface area contributed by atoms with E-state index >= 15 is 0 Å². The first-order valence-electron chi connectivity index (χ1n) is 8.79. The van der Waals surface area contributed by atoms with E-state index in [1.807, 2.05) is 30.3 Å². The van der Waals surface area contributed by atoms with Crippen molar-refractivity contribution >= 4 is 16.7 Å². The lowest BCUT2D eigenvalue weighted by Crippen LogP contribution is -2.16. The van der Waals surface area contributed by atoms with Gasteiger partial charge in [-0.25, -0.2) is 4.21 Å². The van der Waals surface area contributed by atoms with Gasteiger partial charge in [0.1, 0.15) is 0 Å². The Morgan fingerprint density at radius 2 is 1.41 bits per heavy atom. The molecule has 138 valence electrons. The molecule has 0 aromatic heterocycles. The second-order valence-corrected chi connectivity index (χ2v) is 7.69. The van der Waals surface area contributed by atoms with Crippen LogP contribution in [-0.4, -0.2) is 16.7 Å². The molecular formula is C22H22N2O2S. The van der Waals surface area contributed by atoms with Gasteiger partial charge in [-0.1, -0.05) is 42.5 Å². The van der Waals surface area contributed by atoms with Crippen LogP contribution in [0.25, 0.3) is 0 Å². The molecule has 3 rings (SSSR count). The molecule has 4 nitrogen and oxygen atoms in total. The Balaban J connectivity index is 1.53. The van der Waals surface area contributed by atoms with Crippen molar-refractivity contribution in [3.8, 4) is 0 Å². The largest absolute Gasteiger partial charge is 0.366 e. The first-order chi connectivity index (χ1) is 13.1. The van der Waals surface area contributed by atoms with Crippen LogP contribution in [0.5, 0.6) is 0 Å². The zero-order valence-electron chi connectivity index (χ0n) is 14.9. The van der Waals surface area contributed by atoms with Gasteiger partial charge >= 0.3 is 0 Å². The van der Waals surface area contributed by atoms with E-state index in [0.29, 0.717) is 10.5 Å². The summed E-state index contributed by atoms with van der Waals surface area (Å²) < 4.78 is 12.6. The van der Waals surface area contributed by atoms with Crippen molar-refractivity contribution in [2.75, 3.05) is 6.54 Å². The van der Waals surface area contributed by atoms with Crippen molar-refractivity contribution in [2.24, 2.45) is 5.73 Å². The lowest BCUT2D eigenvalue weighted by Gasteiger charge is -2.07. The molecule has 0 aliphatic heterocycles. The van der Waals surface area contributed by atoms with E-state index in [2.05, 4.69) is 29.6 Å². The van der Waals surface area contributed by atoms with E-state index < -0.39 is 16.7 Å². The Bertz CT molecular complexity index is 907. The number of hydrogen-bond donors (Lipinski definition) is 2. The molecule has 0 radical (unpaired) electrons. The highest BCUT2D eigenvalue weighted by Crippen LogP contribution is 2.17. The predicted molar refractivity (Wildman–Crippen MR) is 108 cm³/mol. The second-order valence-electron chi connectivity index (χ2n) is 6.21. The van der Waals surface area contributed by atoms with Crippen molar-refractivity contribution in [1.82, 2.24) is 5.32 Å². The van der Waals surface area contributed by atoms with Gasteiger partial charge in [-0.2, -0.15) is 0 Å². The minimum absolute atomic E-state index is 0.410. The third-order valence-electron chi connectivity index (χ3n) is 4.25. The summed E-state index contributed by atoms with van der Waals surface area (Å²) in [6, 6.07) is 24.7. The number of hydrogen-bond acceptors (Lipinski definition) is 3. The Hall–Kier alpha value is -2.76. The molecule has 3 N–H and O–H groups in total. The molecule has 5 heteroatoms. The third-order valence-corrected chi connectivity index (χ3v) is 5.65. The number of carbonyl (C=O) groups excluding carboxylic acids is 1. The van der Waals surface area contributed by atoms with Crippen LogP contribution in [0.2, 0.25) is 0 Å². The molecule has 0 saturated heterocycles. The normalized spacial score (nSPS) is 11.9. The fraction of sp³-hybridized carbons (Fsp3) is 0.136. The summed E-state index contributed by atoms with van der Waals surface area (Å²) in [4.78, 5) is 12.5. The Kier molecular flexibility index (Phi) is 6.52. The molecular weight excluding hydrogens is 356 g/mol. The standard InChI is InChI=1S/C22H22N2O2S/c23-22(25)19-8-12-21(13-9-19)27(26)20-10-6-18(7-11-20)16-24-15-14-17-4-2-1-3-5-17/h1-13,24H,14-16H2,(H2,23,25). The smallest absolute Gasteiger partial charge is 0.248 e. The number of benzene rings is 3. The minimum Gasteiger partial charge on any atom is -0.366 e. The lowest BCUT2D eigenvalue weighted by molar-refractivity contribution is 0.1000. The summed E-state index contributed by atoms with van der Waals surface area (Å²) in [5.74, 6) is -0.489. The van der Waals surface area contributed by atoms with Crippen LogP contribution in [0.1, 0.15) is 21.5 Å². The van der Waals surface area contributed by atoms with Crippen molar-refractivity contribution < 1.29 is 9.00 Å². The Labute approximate surface area is 161 Å². The summed E-state index contributed by atoms with van der Waals surface area (Å²) in [5.41, 5.74) is 8.10. The van der Waals surface area contributed by atoms with Gasteiger partial charge in [-0.15, -0.1) is 0 Å². The molecule has 1 amide bonds. The molecule has 0 heterocycles. The van der Waals surface area contributed by atoms with Crippen molar-refractivity contribution in [2.45, 2.75) is 22.8 Å². The summed E-state index contributed by atoms with van der Waals surface area (Å²) in [7, 11) is -1.28. The highest BCUT2D eigenvalue weighted by Gasteiger charge is 2.08. The molecule has 0 spiro atoms. The average Bonchev–Trinajstić information content (AvgIpc) is 2.72. The Morgan fingerprint density at radius 3 is 2.00 bits per heavy atom. The van der Waals surface area contributed by atoms with Gasteiger partial charge in [0, 0.05) is 21.9 Å². The van der Waals surface area contributed by atoms with Crippen LogP contribution in [0.4, 0.5) is 0 Å². The number of rotatable bonds is 8. The van der Waals surface area contributed by atoms with Crippen LogP contribution in [0.3, 0.4) is 0 Å². The summed E-state index contributed by atoms with van der Waals surface area (Å²) >= 11 is 0. The highest BCUT2D eigenvalue weighted by atomic mass is 32.2. The Morgan fingerprint density at radius 1 is 0.815 bits per heavy atom. The zero-order valence-corrected chi connectivity index (χ0v) is 15.7. The molecule has 0 aliphatic rings. The molecule has 1 unspecified atom stereocenters. The lowest BCUT2D eigenvalue weighted by atomic mass is 10.1. The molecule has 0 fully saturated rings. The van der Waals surface area contributed by atoms with E-state index in [1.54, 1.807) is 24.3 Å². The second kappa shape index (κ2) is 9.26. The number of primary amides is 1. The fourth-order valence-electron chi connectivity index (χ4n) is 2.72. The van der Waals surface area contributed by atoms with Crippen LogP contribution >= 0.6 is 0 Å². The molecule has 3 aromatic carbocycles.